The van der Waals surface area contributed by atoms with Crippen molar-refractivity contribution in [1.29, 1.82) is 0 Å². The minimum Gasteiger partial charge on any atom is -0.351 e. The van der Waals surface area contributed by atoms with E-state index in [9.17, 15) is 0 Å². The van der Waals surface area contributed by atoms with Gasteiger partial charge in [-0.3, -0.25) is 0 Å². The summed E-state index contributed by atoms with van der Waals surface area (Å²) in [5.41, 5.74) is 4.03. The third-order valence-electron chi connectivity index (χ3n) is 4.01. The van der Waals surface area contributed by atoms with Crippen LogP contribution in [-0.2, 0) is 6.54 Å². The second kappa shape index (κ2) is 5.90. The van der Waals surface area contributed by atoms with Crippen molar-refractivity contribution in [3.05, 3.63) is 96.1 Å². The molecule has 1 nitrogen and oxygen atoms in total. The van der Waals surface area contributed by atoms with Crippen LogP contribution in [0.3, 0.4) is 0 Å². The summed E-state index contributed by atoms with van der Waals surface area (Å²) in [4.78, 5) is 3.88. The molecule has 0 aliphatic carbocycles. The molecular weight excluding hydrogens is 286 g/mol. The Morgan fingerprint density at radius 2 is 1.36 bits per heavy atom. The molecule has 3 aromatic carbocycles. The van der Waals surface area contributed by atoms with Gasteiger partial charge in [0.15, 0.2) is 0 Å². The summed E-state index contributed by atoms with van der Waals surface area (Å²) >= 11 is 1.94. The third kappa shape index (κ3) is 2.51. The van der Waals surface area contributed by atoms with Crippen LogP contribution in [0.1, 0.15) is 16.5 Å². The summed E-state index contributed by atoms with van der Waals surface area (Å²) in [6.07, 6.45) is 0. The van der Waals surface area contributed by atoms with Crippen molar-refractivity contribution in [2.75, 3.05) is 4.90 Å². The van der Waals surface area contributed by atoms with Crippen molar-refractivity contribution in [2.24, 2.45) is 0 Å². The molecule has 1 heterocycles. The minimum atomic E-state index is 0.318. The summed E-state index contributed by atoms with van der Waals surface area (Å²) in [7, 11) is 0. The Morgan fingerprint density at radius 3 is 2.14 bits per heavy atom. The lowest BCUT2D eigenvalue weighted by Gasteiger charge is -2.38. The molecule has 0 bridgehead atoms. The van der Waals surface area contributed by atoms with E-state index in [2.05, 4.69) is 89.8 Å². The van der Waals surface area contributed by atoms with E-state index in [4.69, 9.17) is 0 Å². The second-order valence-electron chi connectivity index (χ2n) is 5.45. The topological polar surface area (TPSA) is 3.24 Å². The van der Waals surface area contributed by atoms with Gasteiger partial charge in [0.1, 0.15) is 5.37 Å². The number of anilines is 1. The zero-order valence-electron chi connectivity index (χ0n) is 12.2. The Hall–Kier alpha value is -2.19. The van der Waals surface area contributed by atoms with Crippen molar-refractivity contribution in [3.8, 4) is 0 Å². The van der Waals surface area contributed by atoms with Gasteiger partial charge in [-0.15, -0.1) is 0 Å². The second-order valence-corrected chi connectivity index (χ2v) is 6.57. The quantitative estimate of drug-likeness (QED) is 0.615. The Bertz CT molecular complexity index is 688. The number of thioether (sulfide) groups is 1. The first kappa shape index (κ1) is 13.5. The van der Waals surface area contributed by atoms with Crippen LogP contribution < -0.4 is 4.90 Å². The average molecular weight is 303 g/mol. The van der Waals surface area contributed by atoms with Gasteiger partial charge in [-0.2, -0.15) is 0 Å². The number of para-hydroxylation sites is 1. The van der Waals surface area contributed by atoms with Gasteiger partial charge in [0.25, 0.3) is 0 Å². The highest BCUT2D eigenvalue weighted by Gasteiger charge is 2.27. The first-order chi connectivity index (χ1) is 10.9. The highest BCUT2D eigenvalue weighted by molar-refractivity contribution is 7.99. The van der Waals surface area contributed by atoms with Gasteiger partial charge < -0.3 is 4.90 Å². The lowest BCUT2D eigenvalue weighted by molar-refractivity contribution is 0.755. The van der Waals surface area contributed by atoms with Crippen molar-refractivity contribution in [2.45, 2.75) is 16.8 Å². The minimum absolute atomic E-state index is 0.318. The smallest absolute Gasteiger partial charge is 0.105 e. The van der Waals surface area contributed by atoms with Gasteiger partial charge in [0, 0.05) is 17.1 Å². The largest absolute Gasteiger partial charge is 0.351 e. The van der Waals surface area contributed by atoms with E-state index in [1.54, 1.807) is 0 Å². The maximum absolute atomic E-state index is 2.49. The molecule has 22 heavy (non-hydrogen) atoms. The van der Waals surface area contributed by atoms with Gasteiger partial charge in [-0.25, -0.2) is 0 Å². The molecule has 0 spiro atoms. The van der Waals surface area contributed by atoms with E-state index in [0.717, 1.165) is 6.54 Å². The van der Waals surface area contributed by atoms with Gasteiger partial charge in [-0.1, -0.05) is 78.5 Å². The fourth-order valence-electron chi connectivity index (χ4n) is 2.91. The zero-order chi connectivity index (χ0) is 14.8. The molecule has 1 aliphatic rings. The first-order valence-corrected chi connectivity index (χ1v) is 8.41. The third-order valence-corrected chi connectivity index (χ3v) is 5.41. The summed E-state index contributed by atoms with van der Waals surface area (Å²) in [6, 6.07) is 30.2. The van der Waals surface area contributed by atoms with Crippen molar-refractivity contribution >= 4 is 17.4 Å². The summed E-state index contributed by atoms with van der Waals surface area (Å²) in [5, 5.41) is 0.318. The van der Waals surface area contributed by atoms with Gasteiger partial charge in [-0.05, 0) is 29.3 Å². The van der Waals surface area contributed by atoms with E-state index in [-0.39, 0.29) is 0 Å². The Labute approximate surface area is 135 Å². The molecule has 1 atom stereocenters. The molecule has 1 unspecified atom stereocenters. The Kier molecular flexibility index (Phi) is 3.61. The lowest BCUT2D eigenvalue weighted by atomic mass is 10.1. The van der Waals surface area contributed by atoms with Gasteiger partial charge >= 0.3 is 0 Å². The molecule has 0 saturated carbocycles. The van der Waals surface area contributed by atoms with Crippen LogP contribution in [0.25, 0.3) is 0 Å². The highest BCUT2D eigenvalue weighted by Crippen LogP contribution is 2.46. The van der Waals surface area contributed by atoms with Crippen molar-refractivity contribution < 1.29 is 0 Å². The standard InChI is InChI=1S/C20H17NS/c1-3-9-16(10-4-1)20-21(18-12-5-2-6-13-18)15-17-11-7-8-14-19(17)22-20/h1-14,20H,15H2. The van der Waals surface area contributed by atoms with Crippen molar-refractivity contribution in [1.82, 2.24) is 0 Å². The van der Waals surface area contributed by atoms with E-state index >= 15 is 0 Å². The molecule has 1 aliphatic heterocycles. The molecule has 0 fully saturated rings. The molecule has 4 rings (SSSR count). The predicted octanol–water partition coefficient (Wildman–Crippen LogP) is 5.50. The Morgan fingerprint density at radius 1 is 0.727 bits per heavy atom. The predicted molar refractivity (Wildman–Crippen MR) is 94.1 cm³/mol. The SMILES string of the molecule is c1ccc(C2Sc3ccccc3CN2c2ccccc2)cc1. The monoisotopic (exact) mass is 303 g/mol. The van der Waals surface area contributed by atoms with Crippen molar-refractivity contribution in [3.63, 3.8) is 0 Å². The average Bonchev–Trinajstić information content (AvgIpc) is 2.62. The first-order valence-electron chi connectivity index (χ1n) is 7.53. The maximum atomic E-state index is 2.49. The number of benzene rings is 3. The number of rotatable bonds is 2. The van der Waals surface area contributed by atoms with E-state index in [1.807, 2.05) is 11.8 Å². The molecule has 0 aromatic heterocycles. The summed E-state index contributed by atoms with van der Waals surface area (Å²) < 4.78 is 0. The number of hydrogen-bond acceptors (Lipinski definition) is 2. The fourth-order valence-corrected chi connectivity index (χ4v) is 4.21. The van der Waals surface area contributed by atoms with E-state index < -0.39 is 0 Å². The molecule has 0 N–H and O–H groups in total. The van der Waals surface area contributed by atoms with E-state index in [1.165, 1.54) is 21.7 Å². The summed E-state index contributed by atoms with van der Waals surface area (Å²) in [5.74, 6) is 0. The van der Waals surface area contributed by atoms with Crippen LogP contribution in [0.15, 0.2) is 89.8 Å². The lowest BCUT2D eigenvalue weighted by Crippen LogP contribution is -2.29. The molecular formula is C20H17NS. The van der Waals surface area contributed by atoms with Crippen LogP contribution in [0.4, 0.5) is 5.69 Å². The van der Waals surface area contributed by atoms with Crippen LogP contribution >= 0.6 is 11.8 Å². The fraction of sp³-hybridized carbons (Fsp3) is 0.100. The van der Waals surface area contributed by atoms with Gasteiger partial charge in [0.2, 0.25) is 0 Å². The van der Waals surface area contributed by atoms with E-state index in [0.29, 0.717) is 5.37 Å². The number of nitrogens with zero attached hydrogens (tertiary/aromatic N) is 1. The Balaban J connectivity index is 1.79. The number of hydrogen-bond donors (Lipinski definition) is 0. The van der Waals surface area contributed by atoms with Gasteiger partial charge in [0.05, 0.1) is 0 Å². The zero-order valence-corrected chi connectivity index (χ0v) is 13.0. The molecule has 0 amide bonds. The van der Waals surface area contributed by atoms with Crippen LogP contribution in [-0.4, -0.2) is 0 Å². The molecule has 0 radical (unpaired) electrons. The molecule has 2 heteroatoms. The molecule has 108 valence electrons. The van der Waals surface area contributed by atoms with Crippen LogP contribution in [0.5, 0.6) is 0 Å². The maximum Gasteiger partial charge on any atom is 0.105 e. The molecule has 0 saturated heterocycles. The normalized spacial score (nSPS) is 17.1. The van der Waals surface area contributed by atoms with Crippen LogP contribution in [0.2, 0.25) is 0 Å². The van der Waals surface area contributed by atoms with Crippen LogP contribution in [0, 0.1) is 0 Å². The number of fused-ring (bicyclic) bond motifs is 1. The summed E-state index contributed by atoms with van der Waals surface area (Å²) in [6.45, 7) is 0.951. The molecule has 3 aromatic rings. The highest BCUT2D eigenvalue weighted by atomic mass is 32.2.